The lowest BCUT2D eigenvalue weighted by Gasteiger charge is -2.15. The summed E-state index contributed by atoms with van der Waals surface area (Å²) < 4.78 is 2.28. The van der Waals surface area contributed by atoms with Crippen LogP contribution in [0, 0.1) is 11.8 Å². The number of nitrogens with two attached hydrogens (primary N) is 1. The van der Waals surface area contributed by atoms with Crippen LogP contribution in [0.3, 0.4) is 0 Å². The Balaban J connectivity index is 2.75. The third-order valence-electron chi connectivity index (χ3n) is 3.04. The van der Waals surface area contributed by atoms with Gasteiger partial charge in [-0.25, -0.2) is 4.98 Å². The Hall–Kier alpha value is -0.830. The minimum atomic E-state index is 0.0296. The quantitative estimate of drug-likeness (QED) is 0.826. The molecule has 0 aliphatic carbocycles. The summed E-state index contributed by atoms with van der Waals surface area (Å²) in [6.07, 6.45) is 4.36. The first-order valence-corrected chi connectivity index (χ1v) is 6.75. The first kappa shape index (κ1) is 14.2. The lowest BCUT2D eigenvalue weighted by Crippen LogP contribution is -2.11. The molecule has 1 unspecified atom stereocenters. The van der Waals surface area contributed by atoms with Gasteiger partial charge in [0.15, 0.2) is 0 Å². The van der Waals surface area contributed by atoms with Crippen LogP contribution < -0.4 is 5.73 Å². The van der Waals surface area contributed by atoms with Gasteiger partial charge in [0.05, 0.1) is 5.69 Å². The van der Waals surface area contributed by atoms with E-state index >= 15 is 0 Å². The fourth-order valence-corrected chi connectivity index (χ4v) is 2.35. The monoisotopic (exact) mass is 237 g/mol. The maximum absolute atomic E-state index is 5.89. The van der Waals surface area contributed by atoms with Gasteiger partial charge in [0.25, 0.3) is 0 Å². The van der Waals surface area contributed by atoms with Gasteiger partial charge in [-0.3, -0.25) is 0 Å². The second kappa shape index (κ2) is 6.20. The van der Waals surface area contributed by atoms with Crippen LogP contribution in [-0.2, 0) is 13.0 Å². The van der Waals surface area contributed by atoms with E-state index in [-0.39, 0.29) is 6.04 Å². The SMILES string of the molecule is CCc1nc([C@@H](C)N)cn1CC(C)CC(C)C. The molecule has 3 heteroatoms. The molecule has 1 aromatic heterocycles. The summed E-state index contributed by atoms with van der Waals surface area (Å²) in [4.78, 5) is 4.60. The molecule has 2 N–H and O–H groups in total. The van der Waals surface area contributed by atoms with Crippen molar-refractivity contribution in [3.63, 3.8) is 0 Å². The Kier molecular flexibility index (Phi) is 5.19. The lowest BCUT2D eigenvalue weighted by atomic mass is 9.99. The highest BCUT2D eigenvalue weighted by Crippen LogP contribution is 2.17. The fraction of sp³-hybridized carbons (Fsp3) is 0.786. The van der Waals surface area contributed by atoms with E-state index in [0.717, 1.165) is 30.4 Å². The number of aryl methyl sites for hydroxylation is 1. The van der Waals surface area contributed by atoms with E-state index in [4.69, 9.17) is 5.73 Å². The van der Waals surface area contributed by atoms with Gasteiger partial charge in [-0.05, 0) is 25.2 Å². The van der Waals surface area contributed by atoms with E-state index in [0.29, 0.717) is 5.92 Å². The van der Waals surface area contributed by atoms with Gasteiger partial charge in [0.2, 0.25) is 0 Å². The van der Waals surface area contributed by atoms with Crippen molar-refractivity contribution in [3.05, 3.63) is 17.7 Å². The van der Waals surface area contributed by atoms with Crippen LogP contribution >= 0.6 is 0 Å². The molecule has 3 nitrogen and oxygen atoms in total. The minimum Gasteiger partial charge on any atom is -0.334 e. The molecular formula is C14H27N3. The van der Waals surface area contributed by atoms with Crippen LogP contribution in [-0.4, -0.2) is 9.55 Å². The Bertz CT molecular complexity index is 339. The standard InChI is InChI=1S/C14H27N3/c1-6-14-16-13(12(5)15)9-17(14)8-11(4)7-10(2)3/h9-12H,6-8,15H2,1-5H3/t11?,12-/m1/s1. The van der Waals surface area contributed by atoms with Crippen molar-refractivity contribution in [3.8, 4) is 0 Å². The van der Waals surface area contributed by atoms with E-state index in [1.54, 1.807) is 0 Å². The van der Waals surface area contributed by atoms with Gasteiger partial charge in [-0.2, -0.15) is 0 Å². The zero-order valence-corrected chi connectivity index (χ0v) is 11.9. The van der Waals surface area contributed by atoms with Crippen LogP contribution in [0.25, 0.3) is 0 Å². The van der Waals surface area contributed by atoms with Gasteiger partial charge in [-0.15, -0.1) is 0 Å². The highest BCUT2D eigenvalue weighted by atomic mass is 15.1. The molecule has 0 bridgehead atoms. The van der Waals surface area contributed by atoms with Crippen molar-refractivity contribution >= 4 is 0 Å². The smallest absolute Gasteiger partial charge is 0.108 e. The molecular weight excluding hydrogens is 210 g/mol. The van der Waals surface area contributed by atoms with E-state index in [9.17, 15) is 0 Å². The average molecular weight is 237 g/mol. The second-order valence-electron chi connectivity index (χ2n) is 5.61. The van der Waals surface area contributed by atoms with Crippen LogP contribution in [0.15, 0.2) is 6.20 Å². The third kappa shape index (κ3) is 4.15. The Labute approximate surface area is 105 Å². The summed E-state index contributed by atoms with van der Waals surface area (Å²) in [5.74, 6) is 2.61. The van der Waals surface area contributed by atoms with Gasteiger partial charge < -0.3 is 10.3 Å². The van der Waals surface area contributed by atoms with Crippen molar-refractivity contribution in [2.75, 3.05) is 0 Å². The number of hydrogen-bond acceptors (Lipinski definition) is 2. The predicted octanol–water partition coefficient (Wildman–Crippen LogP) is 3.15. The van der Waals surface area contributed by atoms with Crippen molar-refractivity contribution in [1.82, 2.24) is 9.55 Å². The molecule has 1 aromatic rings. The Morgan fingerprint density at radius 3 is 2.41 bits per heavy atom. The molecule has 0 fully saturated rings. The second-order valence-corrected chi connectivity index (χ2v) is 5.61. The van der Waals surface area contributed by atoms with Gasteiger partial charge in [-0.1, -0.05) is 27.7 Å². The first-order chi connectivity index (χ1) is 7.93. The Morgan fingerprint density at radius 1 is 1.29 bits per heavy atom. The number of aromatic nitrogens is 2. The molecule has 0 aromatic carbocycles. The van der Waals surface area contributed by atoms with Crippen molar-refractivity contribution in [2.45, 2.75) is 60.0 Å². The molecule has 0 spiro atoms. The Morgan fingerprint density at radius 2 is 1.94 bits per heavy atom. The van der Waals surface area contributed by atoms with Gasteiger partial charge in [0, 0.05) is 25.2 Å². The van der Waals surface area contributed by atoms with Crippen molar-refractivity contribution < 1.29 is 0 Å². The fourth-order valence-electron chi connectivity index (χ4n) is 2.35. The lowest BCUT2D eigenvalue weighted by molar-refractivity contribution is 0.384. The minimum absolute atomic E-state index is 0.0296. The largest absolute Gasteiger partial charge is 0.334 e. The van der Waals surface area contributed by atoms with Crippen LogP contribution in [0.5, 0.6) is 0 Å². The zero-order valence-electron chi connectivity index (χ0n) is 11.9. The summed E-state index contributed by atoms with van der Waals surface area (Å²) in [5, 5.41) is 0. The topological polar surface area (TPSA) is 43.8 Å². The van der Waals surface area contributed by atoms with Gasteiger partial charge >= 0.3 is 0 Å². The van der Waals surface area contributed by atoms with E-state index in [1.165, 1.54) is 6.42 Å². The third-order valence-corrected chi connectivity index (χ3v) is 3.04. The van der Waals surface area contributed by atoms with Crippen molar-refractivity contribution in [1.29, 1.82) is 0 Å². The summed E-state index contributed by atoms with van der Waals surface area (Å²) >= 11 is 0. The molecule has 0 saturated carbocycles. The van der Waals surface area contributed by atoms with Gasteiger partial charge in [0.1, 0.15) is 5.82 Å². The first-order valence-electron chi connectivity index (χ1n) is 6.75. The summed E-state index contributed by atoms with van der Waals surface area (Å²) in [5.41, 5.74) is 6.90. The zero-order chi connectivity index (χ0) is 13.0. The van der Waals surface area contributed by atoms with Crippen LogP contribution in [0.4, 0.5) is 0 Å². The summed E-state index contributed by atoms with van der Waals surface area (Å²) in [6.45, 7) is 12.1. The maximum Gasteiger partial charge on any atom is 0.108 e. The van der Waals surface area contributed by atoms with E-state index < -0.39 is 0 Å². The van der Waals surface area contributed by atoms with E-state index in [2.05, 4.69) is 43.4 Å². The molecule has 0 aliphatic rings. The molecule has 98 valence electrons. The molecule has 1 rings (SSSR count). The number of imidazole rings is 1. The predicted molar refractivity (Wildman–Crippen MR) is 72.8 cm³/mol. The number of rotatable bonds is 6. The highest BCUT2D eigenvalue weighted by molar-refractivity contribution is 5.07. The summed E-state index contributed by atoms with van der Waals surface area (Å²) in [6, 6.07) is 0.0296. The summed E-state index contributed by atoms with van der Waals surface area (Å²) in [7, 11) is 0. The molecule has 0 amide bonds. The van der Waals surface area contributed by atoms with E-state index in [1.807, 2.05) is 6.92 Å². The molecule has 0 saturated heterocycles. The molecule has 1 heterocycles. The maximum atomic E-state index is 5.89. The number of hydrogen-bond donors (Lipinski definition) is 1. The molecule has 17 heavy (non-hydrogen) atoms. The van der Waals surface area contributed by atoms with Crippen LogP contribution in [0.1, 0.15) is 58.6 Å². The average Bonchev–Trinajstić information content (AvgIpc) is 2.59. The molecule has 2 atom stereocenters. The van der Waals surface area contributed by atoms with Crippen LogP contribution in [0.2, 0.25) is 0 Å². The molecule has 0 aliphatic heterocycles. The number of nitrogens with zero attached hydrogens (tertiary/aromatic N) is 2. The highest BCUT2D eigenvalue weighted by Gasteiger charge is 2.12. The molecule has 0 radical (unpaired) electrons. The van der Waals surface area contributed by atoms with Crippen molar-refractivity contribution in [2.24, 2.45) is 17.6 Å². The normalized spacial score (nSPS) is 15.2.